The number of amides is 1. The number of hydrogen-bond donors (Lipinski definition) is 1. The van der Waals surface area contributed by atoms with E-state index in [9.17, 15) is 4.79 Å². The fraction of sp³-hybridized carbons (Fsp3) is 0.0625. The van der Waals surface area contributed by atoms with Crippen molar-refractivity contribution in [3.8, 4) is 6.07 Å². The molecule has 1 heterocycles. The molecule has 2 rings (SSSR count). The van der Waals surface area contributed by atoms with Crippen LogP contribution in [0.15, 0.2) is 54.9 Å². The van der Waals surface area contributed by atoms with Crippen molar-refractivity contribution in [3.05, 3.63) is 71.6 Å². The second kappa shape index (κ2) is 6.86. The summed E-state index contributed by atoms with van der Waals surface area (Å²) in [7, 11) is 0. The zero-order valence-electron chi connectivity index (χ0n) is 10.8. The van der Waals surface area contributed by atoms with E-state index in [4.69, 9.17) is 5.26 Å². The average Bonchev–Trinajstić information content (AvgIpc) is 2.52. The van der Waals surface area contributed by atoms with Crippen molar-refractivity contribution in [2.75, 3.05) is 0 Å². The highest BCUT2D eigenvalue weighted by molar-refractivity contribution is 5.91. The van der Waals surface area contributed by atoms with Gasteiger partial charge in [0.25, 0.3) is 0 Å². The molecule has 0 aliphatic rings. The highest BCUT2D eigenvalue weighted by Gasteiger charge is 1.97. The number of benzene rings is 1. The van der Waals surface area contributed by atoms with Crippen LogP contribution in [0.2, 0.25) is 0 Å². The molecule has 1 aromatic carbocycles. The van der Waals surface area contributed by atoms with Gasteiger partial charge in [-0.1, -0.05) is 12.1 Å². The van der Waals surface area contributed by atoms with Crippen LogP contribution in [-0.4, -0.2) is 10.9 Å². The molecule has 0 radical (unpaired) electrons. The number of pyridine rings is 1. The molecule has 0 bridgehead atoms. The monoisotopic (exact) mass is 263 g/mol. The smallest absolute Gasteiger partial charge is 0.244 e. The Hall–Kier alpha value is -2.93. The van der Waals surface area contributed by atoms with Crippen LogP contribution in [0.4, 0.5) is 0 Å². The number of aromatic nitrogens is 1. The molecule has 1 N–H and O–H groups in total. The highest BCUT2D eigenvalue weighted by Crippen LogP contribution is 2.03. The normalized spacial score (nSPS) is 10.2. The third kappa shape index (κ3) is 4.07. The predicted octanol–water partition coefficient (Wildman–Crippen LogP) is 2.28. The Morgan fingerprint density at radius 1 is 1.20 bits per heavy atom. The number of hydrogen-bond acceptors (Lipinski definition) is 3. The Labute approximate surface area is 117 Å². The van der Waals surface area contributed by atoms with E-state index in [1.165, 1.54) is 6.08 Å². The zero-order valence-corrected chi connectivity index (χ0v) is 10.8. The van der Waals surface area contributed by atoms with Crippen LogP contribution in [0, 0.1) is 11.3 Å². The molecule has 20 heavy (non-hydrogen) atoms. The summed E-state index contributed by atoms with van der Waals surface area (Å²) in [4.78, 5) is 15.6. The summed E-state index contributed by atoms with van der Waals surface area (Å²) in [5, 5.41) is 11.5. The molecule has 0 fully saturated rings. The summed E-state index contributed by atoms with van der Waals surface area (Å²) in [6.45, 7) is 0.436. The van der Waals surface area contributed by atoms with Crippen molar-refractivity contribution in [2.24, 2.45) is 0 Å². The maximum absolute atomic E-state index is 11.6. The SMILES string of the molecule is N#Cc1ccc(CNC(=O)C=Cc2ccncc2)cc1. The van der Waals surface area contributed by atoms with Gasteiger partial charge < -0.3 is 5.32 Å². The first kappa shape index (κ1) is 13.5. The number of rotatable bonds is 4. The summed E-state index contributed by atoms with van der Waals surface area (Å²) in [5.74, 6) is -0.161. The quantitative estimate of drug-likeness (QED) is 0.861. The molecule has 0 aliphatic carbocycles. The fourth-order valence-electron chi connectivity index (χ4n) is 1.59. The lowest BCUT2D eigenvalue weighted by Gasteiger charge is -2.02. The lowest BCUT2D eigenvalue weighted by Crippen LogP contribution is -2.20. The van der Waals surface area contributed by atoms with Gasteiger partial charge in [0.2, 0.25) is 5.91 Å². The van der Waals surface area contributed by atoms with Gasteiger partial charge in [-0.05, 0) is 41.5 Å². The Bertz CT molecular complexity index is 640. The van der Waals surface area contributed by atoms with Gasteiger partial charge in [0.15, 0.2) is 0 Å². The number of nitriles is 1. The van der Waals surface area contributed by atoms with E-state index in [0.717, 1.165) is 11.1 Å². The molecule has 4 nitrogen and oxygen atoms in total. The van der Waals surface area contributed by atoms with Crippen LogP contribution in [0.5, 0.6) is 0 Å². The number of nitrogens with one attached hydrogen (secondary N) is 1. The van der Waals surface area contributed by atoms with Crippen molar-refractivity contribution in [1.29, 1.82) is 5.26 Å². The fourth-order valence-corrected chi connectivity index (χ4v) is 1.59. The summed E-state index contributed by atoms with van der Waals surface area (Å²) in [6.07, 6.45) is 6.57. The van der Waals surface area contributed by atoms with E-state index < -0.39 is 0 Å². The Morgan fingerprint density at radius 3 is 2.55 bits per heavy atom. The lowest BCUT2D eigenvalue weighted by atomic mass is 10.1. The Balaban J connectivity index is 1.86. The molecule has 0 spiro atoms. The molecule has 4 heteroatoms. The van der Waals surface area contributed by atoms with E-state index in [1.807, 2.05) is 24.3 Å². The third-order valence-electron chi connectivity index (χ3n) is 2.68. The molecular formula is C16H13N3O. The first-order chi connectivity index (χ1) is 9.78. The summed E-state index contributed by atoms with van der Waals surface area (Å²) in [5.41, 5.74) is 2.49. The summed E-state index contributed by atoms with van der Waals surface area (Å²) >= 11 is 0. The van der Waals surface area contributed by atoms with E-state index >= 15 is 0 Å². The minimum Gasteiger partial charge on any atom is -0.348 e. The van der Waals surface area contributed by atoms with Crippen molar-refractivity contribution < 1.29 is 4.79 Å². The van der Waals surface area contributed by atoms with E-state index in [2.05, 4.69) is 16.4 Å². The van der Waals surface area contributed by atoms with Crippen LogP contribution < -0.4 is 5.32 Å². The maximum atomic E-state index is 11.6. The second-order valence-electron chi connectivity index (χ2n) is 4.14. The number of carbonyl (C=O) groups is 1. The van der Waals surface area contributed by atoms with Crippen LogP contribution in [0.3, 0.4) is 0 Å². The molecule has 0 unspecified atom stereocenters. The van der Waals surface area contributed by atoms with E-state index in [-0.39, 0.29) is 5.91 Å². The molecule has 0 saturated carbocycles. The Kier molecular flexibility index (Phi) is 4.63. The van der Waals surface area contributed by atoms with Gasteiger partial charge in [0.05, 0.1) is 11.6 Å². The number of carbonyl (C=O) groups excluding carboxylic acids is 1. The molecular weight excluding hydrogens is 250 g/mol. The van der Waals surface area contributed by atoms with Crippen molar-refractivity contribution in [2.45, 2.75) is 6.54 Å². The van der Waals surface area contributed by atoms with Crippen molar-refractivity contribution in [1.82, 2.24) is 10.3 Å². The molecule has 1 amide bonds. The predicted molar refractivity (Wildman–Crippen MR) is 76.3 cm³/mol. The van der Waals surface area contributed by atoms with Gasteiger partial charge >= 0.3 is 0 Å². The molecule has 0 aliphatic heterocycles. The van der Waals surface area contributed by atoms with Gasteiger partial charge in [-0.3, -0.25) is 9.78 Å². The van der Waals surface area contributed by atoms with Gasteiger partial charge in [-0.2, -0.15) is 5.26 Å². The Morgan fingerprint density at radius 2 is 1.90 bits per heavy atom. The van der Waals surface area contributed by atoms with E-state index in [0.29, 0.717) is 12.1 Å². The minimum atomic E-state index is -0.161. The van der Waals surface area contributed by atoms with Crippen LogP contribution in [0.1, 0.15) is 16.7 Å². The van der Waals surface area contributed by atoms with Crippen LogP contribution in [-0.2, 0) is 11.3 Å². The highest BCUT2D eigenvalue weighted by atomic mass is 16.1. The largest absolute Gasteiger partial charge is 0.348 e. The summed E-state index contributed by atoms with van der Waals surface area (Å²) in [6, 6.07) is 12.8. The van der Waals surface area contributed by atoms with Gasteiger partial charge in [0, 0.05) is 25.0 Å². The second-order valence-corrected chi connectivity index (χ2v) is 4.14. The molecule has 0 saturated heterocycles. The van der Waals surface area contributed by atoms with E-state index in [1.54, 1.807) is 30.6 Å². The first-order valence-electron chi connectivity index (χ1n) is 6.13. The van der Waals surface area contributed by atoms with Gasteiger partial charge in [-0.25, -0.2) is 0 Å². The lowest BCUT2D eigenvalue weighted by molar-refractivity contribution is -0.116. The topological polar surface area (TPSA) is 65.8 Å². The summed E-state index contributed by atoms with van der Waals surface area (Å²) < 4.78 is 0. The molecule has 0 atom stereocenters. The van der Waals surface area contributed by atoms with Crippen LogP contribution >= 0.6 is 0 Å². The standard InChI is InChI=1S/C16H13N3O/c17-11-14-1-3-15(4-2-14)12-19-16(20)6-5-13-7-9-18-10-8-13/h1-10H,12H2,(H,19,20). The average molecular weight is 263 g/mol. The molecule has 1 aromatic heterocycles. The van der Waals surface area contributed by atoms with Gasteiger partial charge in [0.1, 0.15) is 0 Å². The molecule has 98 valence electrons. The van der Waals surface area contributed by atoms with Crippen molar-refractivity contribution >= 4 is 12.0 Å². The first-order valence-corrected chi connectivity index (χ1v) is 6.13. The maximum Gasteiger partial charge on any atom is 0.244 e. The van der Waals surface area contributed by atoms with Gasteiger partial charge in [-0.15, -0.1) is 0 Å². The minimum absolute atomic E-state index is 0.161. The van der Waals surface area contributed by atoms with Crippen molar-refractivity contribution in [3.63, 3.8) is 0 Å². The third-order valence-corrected chi connectivity index (χ3v) is 2.68. The molecule has 2 aromatic rings. The zero-order chi connectivity index (χ0) is 14.2. The van der Waals surface area contributed by atoms with Crippen LogP contribution in [0.25, 0.3) is 6.08 Å². The number of nitrogens with zero attached hydrogens (tertiary/aromatic N) is 2.